The molecule has 1 unspecified atom stereocenters. The standard InChI is InChI=1S/C18H27N5O2.BrH/c1-18(2)22-16(19)21-17(20)23(18)25-11-10-15(12-4-5-12)13-6-8-14(24-3)9-7-13;/h6-9,12,15H,4-5,10-11H2,1-3H3,(H4,19,20,21,22);1H. The van der Waals surface area contributed by atoms with Crippen molar-refractivity contribution in [3.8, 4) is 5.75 Å². The molecule has 0 saturated heterocycles. The highest BCUT2D eigenvalue weighted by molar-refractivity contribution is 8.93. The fourth-order valence-corrected chi connectivity index (χ4v) is 3.31. The number of hydrogen-bond acceptors (Lipinski definition) is 7. The largest absolute Gasteiger partial charge is 0.497 e. The summed E-state index contributed by atoms with van der Waals surface area (Å²) < 4.78 is 5.25. The third-order valence-corrected chi connectivity index (χ3v) is 4.71. The molecule has 1 aliphatic carbocycles. The Morgan fingerprint density at radius 1 is 1.23 bits per heavy atom. The number of nitrogens with two attached hydrogens (primary N) is 2. The third-order valence-electron chi connectivity index (χ3n) is 4.71. The van der Waals surface area contributed by atoms with Crippen LogP contribution in [0.5, 0.6) is 5.75 Å². The van der Waals surface area contributed by atoms with Crippen LogP contribution in [0.3, 0.4) is 0 Å². The molecule has 1 fully saturated rings. The Morgan fingerprint density at radius 2 is 1.88 bits per heavy atom. The molecular formula is C18H28BrN5O2. The molecule has 7 nitrogen and oxygen atoms in total. The van der Waals surface area contributed by atoms with Crippen LogP contribution in [0.4, 0.5) is 0 Å². The fraction of sp³-hybridized carbons (Fsp3) is 0.556. The van der Waals surface area contributed by atoms with E-state index in [1.54, 1.807) is 12.2 Å². The molecule has 0 bridgehead atoms. The second-order valence-electron chi connectivity index (χ2n) is 7.07. The van der Waals surface area contributed by atoms with Crippen molar-refractivity contribution in [2.75, 3.05) is 13.7 Å². The Bertz CT molecular complexity index is 671. The number of aliphatic imine (C=N–C) groups is 2. The number of methoxy groups -OCH3 is 1. The zero-order valence-corrected chi connectivity index (χ0v) is 17.2. The quantitative estimate of drug-likeness (QED) is 0.699. The van der Waals surface area contributed by atoms with Gasteiger partial charge in [0.1, 0.15) is 5.75 Å². The van der Waals surface area contributed by atoms with Crippen molar-refractivity contribution in [3.63, 3.8) is 0 Å². The van der Waals surface area contributed by atoms with Crippen molar-refractivity contribution in [3.05, 3.63) is 29.8 Å². The zero-order valence-electron chi connectivity index (χ0n) is 15.5. The highest BCUT2D eigenvalue weighted by Crippen LogP contribution is 2.44. The van der Waals surface area contributed by atoms with E-state index < -0.39 is 5.66 Å². The summed E-state index contributed by atoms with van der Waals surface area (Å²) in [4.78, 5) is 14.2. The molecular weight excluding hydrogens is 398 g/mol. The molecule has 26 heavy (non-hydrogen) atoms. The molecule has 0 aromatic heterocycles. The van der Waals surface area contributed by atoms with E-state index in [0.29, 0.717) is 12.5 Å². The molecule has 8 heteroatoms. The third kappa shape index (κ3) is 4.67. The first kappa shape index (κ1) is 20.5. The molecule has 1 saturated carbocycles. The van der Waals surface area contributed by atoms with Gasteiger partial charge in [-0.25, -0.2) is 4.99 Å². The number of hydroxylamine groups is 2. The molecule has 144 valence electrons. The summed E-state index contributed by atoms with van der Waals surface area (Å²) >= 11 is 0. The van der Waals surface area contributed by atoms with Crippen LogP contribution in [-0.2, 0) is 4.84 Å². The number of ether oxygens (including phenoxy) is 1. The maximum atomic E-state index is 5.95. The summed E-state index contributed by atoms with van der Waals surface area (Å²) in [5.41, 5.74) is 12.3. The molecule has 0 amide bonds. The van der Waals surface area contributed by atoms with Gasteiger partial charge in [-0.3, -0.25) is 4.84 Å². The number of benzene rings is 1. The molecule has 1 aromatic carbocycles. The number of nitrogens with zero attached hydrogens (tertiary/aromatic N) is 3. The van der Waals surface area contributed by atoms with Gasteiger partial charge >= 0.3 is 0 Å². The summed E-state index contributed by atoms with van der Waals surface area (Å²) in [6, 6.07) is 8.32. The lowest BCUT2D eigenvalue weighted by molar-refractivity contribution is -0.158. The normalized spacial score (nSPS) is 19.9. The number of hydrogen-bond donors (Lipinski definition) is 2. The zero-order chi connectivity index (χ0) is 18.0. The van der Waals surface area contributed by atoms with Gasteiger partial charge in [-0.05, 0) is 62.6 Å². The van der Waals surface area contributed by atoms with Crippen LogP contribution >= 0.6 is 17.0 Å². The molecule has 3 rings (SSSR count). The van der Waals surface area contributed by atoms with Gasteiger partial charge in [0.15, 0.2) is 5.66 Å². The van der Waals surface area contributed by atoms with E-state index in [9.17, 15) is 0 Å². The van der Waals surface area contributed by atoms with Gasteiger partial charge in [-0.1, -0.05) is 12.1 Å². The predicted octanol–water partition coefficient (Wildman–Crippen LogP) is 2.77. The van der Waals surface area contributed by atoms with E-state index in [1.165, 1.54) is 18.4 Å². The van der Waals surface area contributed by atoms with E-state index >= 15 is 0 Å². The summed E-state index contributed by atoms with van der Waals surface area (Å²) in [6.45, 7) is 4.33. The van der Waals surface area contributed by atoms with Crippen LogP contribution in [0.25, 0.3) is 0 Å². The van der Waals surface area contributed by atoms with E-state index in [1.807, 2.05) is 26.0 Å². The first-order valence-electron chi connectivity index (χ1n) is 8.67. The lowest BCUT2D eigenvalue weighted by Gasteiger charge is -2.37. The molecule has 1 aliphatic heterocycles. The molecule has 2 aliphatic rings. The van der Waals surface area contributed by atoms with Gasteiger partial charge in [0.2, 0.25) is 11.9 Å². The number of halogens is 1. The molecule has 1 atom stereocenters. The monoisotopic (exact) mass is 425 g/mol. The van der Waals surface area contributed by atoms with Crippen molar-refractivity contribution in [2.24, 2.45) is 27.4 Å². The molecule has 0 spiro atoms. The van der Waals surface area contributed by atoms with Crippen LogP contribution in [0.1, 0.15) is 44.6 Å². The SMILES string of the molecule is Br.COc1ccc(C(CCON2C(N)=NC(N)=NC2(C)C)C2CC2)cc1. The van der Waals surface area contributed by atoms with Crippen molar-refractivity contribution >= 4 is 28.9 Å². The summed E-state index contributed by atoms with van der Waals surface area (Å²) in [5.74, 6) is 2.50. The smallest absolute Gasteiger partial charge is 0.226 e. The van der Waals surface area contributed by atoms with Gasteiger partial charge in [0.25, 0.3) is 0 Å². The molecule has 0 radical (unpaired) electrons. The average Bonchev–Trinajstić information content (AvgIpc) is 3.38. The molecule has 1 heterocycles. The van der Waals surface area contributed by atoms with Crippen LogP contribution < -0.4 is 16.2 Å². The highest BCUT2D eigenvalue weighted by atomic mass is 79.9. The molecule has 4 N–H and O–H groups in total. The van der Waals surface area contributed by atoms with Crippen LogP contribution in [0.2, 0.25) is 0 Å². The van der Waals surface area contributed by atoms with Gasteiger partial charge in [-0.2, -0.15) is 10.1 Å². The predicted molar refractivity (Wildman–Crippen MR) is 109 cm³/mol. The second-order valence-corrected chi connectivity index (χ2v) is 7.07. The second kappa shape index (κ2) is 8.26. The Balaban J connectivity index is 0.00000243. The van der Waals surface area contributed by atoms with Gasteiger partial charge < -0.3 is 16.2 Å². The van der Waals surface area contributed by atoms with Crippen molar-refractivity contribution in [2.45, 2.75) is 44.7 Å². The maximum absolute atomic E-state index is 5.95. The summed E-state index contributed by atoms with van der Waals surface area (Å²) in [6.07, 6.45) is 3.46. The lowest BCUT2D eigenvalue weighted by Crippen LogP contribution is -2.53. The molecule has 1 aromatic rings. The van der Waals surface area contributed by atoms with E-state index in [4.69, 9.17) is 21.0 Å². The van der Waals surface area contributed by atoms with Crippen LogP contribution in [-0.4, -0.2) is 36.4 Å². The highest BCUT2D eigenvalue weighted by Gasteiger charge is 2.35. The Labute approximate surface area is 165 Å². The van der Waals surface area contributed by atoms with Gasteiger partial charge in [-0.15, -0.1) is 17.0 Å². The van der Waals surface area contributed by atoms with E-state index in [0.717, 1.165) is 18.1 Å². The number of rotatable bonds is 7. The van der Waals surface area contributed by atoms with Crippen molar-refractivity contribution in [1.29, 1.82) is 0 Å². The van der Waals surface area contributed by atoms with Crippen molar-refractivity contribution in [1.82, 2.24) is 5.06 Å². The van der Waals surface area contributed by atoms with Gasteiger partial charge in [0.05, 0.1) is 13.7 Å². The van der Waals surface area contributed by atoms with E-state index in [2.05, 4.69) is 22.1 Å². The topological polar surface area (TPSA) is 98.5 Å². The minimum Gasteiger partial charge on any atom is -0.497 e. The lowest BCUT2D eigenvalue weighted by atomic mass is 9.91. The maximum Gasteiger partial charge on any atom is 0.226 e. The first-order chi connectivity index (χ1) is 11.9. The fourth-order valence-electron chi connectivity index (χ4n) is 3.31. The van der Waals surface area contributed by atoms with Crippen LogP contribution in [0, 0.1) is 5.92 Å². The van der Waals surface area contributed by atoms with Crippen LogP contribution in [0.15, 0.2) is 34.3 Å². The summed E-state index contributed by atoms with van der Waals surface area (Å²) in [7, 11) is 1.68. The minimum atomic E-state index is -0.662. The average molecular weight is 426 g/mol. The minimum absolute atomic E-state index is 0. The van der Waals surface area contributed by atoms with E-state index in [-0.39, 0.29) is 28.9 Å². The first-order valence-corrected chi connectivity index (χ1v) is 8.67. The Hall–Kier alpha value is -1.80. The Morgan fingerprint density at radius 3 is 2.42 bits per heavy atom. The number of guanidine groups is 2. The van der Waals surface area contributed by atoms with Gasteiger partial charge in [0, 0.05) is 0 Å². The Kier molecular flexibility index (Phi) is 6.52. The summed E-state index contributed by atoms with van der Waals surface area (Å²) in [5, 5.41) is 1.54. The van der Waals surface area contributed by atoms with Crippen molar-refractivity contribution < 1.29 is 9.57 Å².